The Bertz CT molecular complexity index is 879. The van der Waals surface area contributed by atoms with E-state index in [1.54, 1.807) is 18.2 Å². The first-order valence-electron chi connectivity index (χ1n) is 5.99. The lowest BCUT2D eigenvalue weighted by Gasteiger charge is -2.03. The van der Waals surface area contributed by atoms with Crippen LogP contribution in [0.4, 0.5) is 0 Å². The van der Waals surface area contributed by atoms with Crippen LogP contribution >= 0.6 is 27.3 Å². The molecule has 1 heterocycles. The van der Waals surface area contributed by atoms with E-state index in [9.17, 15) is 9.59 Å². The summed E-state index contributed by atoms with van der Waals surface area (Å²) >= 11 is 4.44. The van der Waals surface area contributed by atoms with Crippen molar-refractivity contribution >= 4 is 43.4 Å². The molecule has 0 fully saturated rings. The molecule has 20 heavy (non-hydrogen) atoms. The van der Waals surface area contributed by atoms with Gasteiger partial charge in [0.25, 0.3) is 5.91 Å². The van der Waals surface area contributed by atoms with Crippen LogP contribution in [-0.2, 0) is 0 Å². The number of aryl methyl sites for hydroxylation is 1. The average molecular weight is 348 g/mol. The van der Waals surface area contributed by atoms with E-state index in [2.05, 4.69) is 15.9 Å². The molecule has 5 heteroatoms. The van der Waals surface area contributed by atoms with Crippen LogP contribution < -0.4 is 4.87 Å². The first-order chi connectivity index (χ1) is 9.56. The molecule has 0 amide bonds. The fraction of sp³-hybridized carbons (Fsp3) is 0.0667. The van der Waals surface area contributed by atoms with Gasteiger partial charge in [0.2, 0.25) is 0 Å². The smallest absolute Gasteiger partial charge is 0.268 e. The van der Waals surface area contributed by atoms with Crippen LogP contribution in [0.25, 0.3) is 10.2 Å². The van der Waals surface area contributed by atoms with Gasteiger partial charge in [-0.25, -0.2) is 4.57 Å². The first kappa shape index (κ1) is 13.3. The third-order valence-corrected chi connectivity index (χ3v) is 4.41. The van der Waals surface area contributed by atoms with Crippen molar-refractivity contribution in [2.45, 2.75) is 6.92 Å². The predicted octanol–water partition coefficient (Wildman–Crippen LogP) is 3.82. The van der Waals surface area contributed by atoms with Crippen molar-refractivity contribution in [1.82, 2.24) is 4.57 Å². The summed E-state index contributed by atoms with van der Waals surface area (Å²) in [5.41, 5.74) is 2.16. The molecule has 3 rings (SSSR count). The third-order valence-electron chi connectivity index (χ3n) is 3.01. The van der Waals surface area contributed by atoms with Crippen LogP contribution in [0.15, 0.2) is 51.7 Å². The molecule has 0 radical (unpaired) electrons. The lowest BCUT2D eigenvalue weighted by atomic mass is 10.1. The van der Waals surface area contributed by atoms with Gasteiger partial charge in [-0.3, -0.25) is 9.59 Å². The van der Waals surface area contributed by atoms with Crippen LogP contribution in [0.1, 0.15) is 15.9 Å². The Balaban J connectivity index is 2.22. The molecular formula is C15H10BrNO2S. The van der Waals surface area contributed by atoms with Gasteiger partial charge in [0.15, 0.2) is 0 Å². The maximum Gasteiger partial charge on any atom is 0.315 e. The van der Waals surface area contributed by atoms with Crippen LogP contribution in [0.2, 0.25) is 0 Å². The molecule has 0 unspecified atom stereocenters. The largest absolute Gasteiger partial charge is 0.315 e. The number of benzene rings is 2. The molecule has 1 aromatic heterocycles. The SMILES string of the molecule is Cc1cccc(C(=O)n2c(=O)sc3cc(Br)ccc32)c1. The molecule has 0 aliphatic rings. The molecule has 2 aromatic carbocycles. The Morgan fingerprint density at radius 3 is 2.75 bits per heavy atom. The zero-order valence-electron chi connectivity index (χ0n) is 10.6. The van der Waals surface area contributed by atoms with Crippen LogP contribution in [0, 0.1) is 6.92 Å². The van der Waals surface area contributed by atoms with E-state index in [0.29, 0.717) is 11.1 Å². The Morgan fingerprint density at radius 1 is 1.20 bits per heavy atom. The maximum absolute atomic E-state index is 12.5. The van der Waals surface area contributed by atoms with Crippen molar-refractivity contribution in [3.63, 3.8) is 0 Å². The lowest BCUT2D eigenvalue weighted by molar-refractivity contribution is 0.0962. The first-order valence-corrected chi connectivity index (χ1v) is 7.60. The third kappa shape index (κ3) is 2.23. The van der Waals surface area contributed by atoms with Crippen molar-refractivity contribution in [2.24, 2.45) is 0 Å². The van der Waals surface area contributed by atoms with E-state index in [1.807, 2.05) is 31.2 Å². The molecule has 0 N–H and O–H groups in total. The Hall–Kier alpha value is -1.72. The average Bonchev–Trinajstić information content (AvgIpc) is 2.73. The summed E-state index contributed by atoms with van der Waals surface area (Å²) in [5, 5.41) is 0. The van der Waals surface area contributed by atoms with Crippen LogP contribution in [0.3, 0.4) is 0 Å². The summed E-state index contributed by atoms with van der Waals surface area (Å²) in [6.45, 7) is 1.92. The lowest BCUT2D eigenvalue weighted by Crippen LogP contribution is -2.22. The number of carbonyl (C=O) groups is 1. The van der Waals surface area contributed by atoms with Crippen molar-refractivity contribution in [3.05, 3.63) is 67.7 Å². The van der Waals surface area contributed by atoms with E-state index in [1.165, 1.54) is 4.57 Å². The highest BCUT2D eigenvalue weighted by Crippen LogP contribution is 2.22. The number of thiazole rings is 1. The van der Waals surface area contributed by atoms with Crippen molar-refractivity contribution < 1.29 is 4.79 Å². The summed E-state index contributed by atoms with van der Waals surface area (Å²) in [6.07, 6.45) is 0. The molecule has 0 saturated carbocycles. The number of carbonyl (C=O) groups excluding carboxylic acids is 1. The standard InChI is InChI=1S/C15H10BrNO2S/c1-9-3-2-4-10(7-9)14(18)17-12-6-5-11(16)8-13(12)20-15(17)19/h2-8H,1H3. The fourth-order valence-corrected chi connectivity index (χ4v) is 3.52. The van der Waals surface area contributed by atoms with E-state index >= 15 is 0 Å². The van der Waals surface area contributed by atoms with Crippen LogP contribution in [0.5, 0.6) is 0 Å². The second-order valence-electron chi connectivity index (χ2n) is 4.49. The minimum atomic E-state index is -0.285. The highest BCUT2D eigenvalue weighted by Gasteiger charge is 2.16. The zero-order chi connectivity index (χ0) is 14.3. The van der Waals surface area contributed by atoms with E-state index in [-0.39, 0.29) is 10.8 Å². The molecule has 3 nitrogen and oxygen atoms in total. The summed E-state index contributed by atoms with van der Waals surface area (Å²) < 4.78 is 2.92. The Kier molecular flexibility index (Phi) is 3.31. The maximum atomic E-state index is 12.5. The molecular weight excluding hydrogens is 338 g/mol. The van der Waals surface area contributed by atoms with Gasteiger partial charge in [-0.2, -0.15) is 0 Å². The minimum Gasteiger partial charge on any atom is -0.268 e. The van der Waals surface area contributed by atoms with Gasteiger partial charge >= 0.3 is 4.87 Å². The van der Waals surface area contributed by atoms with Gasteiger partial charge in [0.1, 0.15) is 0 Å². The summed E-state index contributed by atoms with van der Waals surface area (Å²) in [7, 11) is 0. The van der Waals surface area contributed by atoms with Gasteiger partial charge in [0.05, 0.1) is 10.2 Å². The topological polar surface area (TPSA) is 39.1 Å². The predicted molar refractivity (Wildman–Crippen MR) is 84.7 cm³/mol. The molecule has 100 valence electrons. The van der Waals surface area contributed by atoms with Gasteiger partial charge in [-0.15, -0.1) is 0 Å². The number of halogens is 1. The number of hydrogen-bond acceptors (Lipinski definition) is 3. The molecule has 3 aromatic rings. The normalized spacial score (nSPS) is 10.9. The summed E-state index contributed by atoms with van der Waals surface area (Å²) in [6, 6.07) is 12.7. The number of hydrogen-bond donors (Lipinski definition) is 0. The second kappa shape index (κ2) is 5.00. The molecule has 0 bridgehead atoms. The Labute approximate surface area is 127 Å². The summed E-state index contributed by atoms with van der Waals surface area (Å²) in [4.78, 5) is 24.4. The van der Waals surface area contributed by atoms with Gasteiger partial charge in [0, 0.05) is 10.0 Å². The second-order valence-corrected chi connectivity index (χ2v) is 6.40. The highest BCUT2D eigenvalue weighted by molar-refractivity contribution is 9.10. The van der Waals surface area contributed by atoms with E-state index in [4.69, 9.17) is 0 Å². The quantitative estimate of drug-likeness (QED) is 0.671. The zero-order valence-corrected chi connectivity index (χ0v) is 13.0. The van der Waals surface area contributed by atoms with Crippen molar-refractivity contribution in [3.8, 4) is 0 Å². The van der Waals surface area contributed by atoms with Crippen molar-refractivity contribution in [2.75, 3.05) is 0 Å². The molecule has 0 saturated heterocycles. The number of fused-ring (bicyclic) bond motifs is 1. The van der Waals surface area contributed by atoms with Crippen molar-refractivity contribution in [1.29, 1.82) is 0 Å². The van der Waals surface area contributed by atoms with E-state index < -0.39 is 0 Å². The molecule has 0 aliphatic heterocycles. The van der Waals surface area contributed by atoms with Crippen LogP contribution in [-0.4, -0.2) is 10.5 Å². The molecule has 0 spiro atoms. The van der Waals surface area contributed by atoms with E-state index in [0.717, 1.165) is 26.1 Å². The molecule has 0 atom stereocenters. The molecule has 0 aliphatic carbocycles. The number of rotatable bonds is 1. The fourth-order valence-electron chi connectivity index (χ4n) is 2.09. The monoisotopic (exact) mass is 347 g/mol. The Morgan fingerprint density at radius 2 is 2.00 bits per heavy atom. The number of nitrogens with zero attached hydrogens (tertiary/aromatic N) is 1. The number of aromatic nitrogens is 1. The van der Waals surface area contributed by atoms with Gasteiger partial charge in [-0.05, 0) is 37.3 Å². The minimum absolute atomic E-state index is 0.260. The van der Waals surface area contributed by atoms with Gasteiger partial charge < -0.3 is 0 Å². The van der Waals surface area contributed by atoms with Gasteiger partial charge in [-0.1, -0.05) is 45.0 Å². The highest BCUT2D eigenvalue weighted by atomic mass is 79.9. The summed E-state index contributed by atoms with van der Waals surface area (Å²) in [5.74, 6) is -0.285.